The number of aromatic nitrogens is 4. The lowest BCUT2D eigenvalue weighted by Gasteiger charge is -2.35. The third kappa shape index (κ3) is 5.78. The van der Waals surface area contributed by atoms with Crippen LogP contribution in [0.4, 0.5) is 10.2 Å². The van der Waals surface area contributed by atoms with E-state index in [1.165, 1.54) is 35.2 Å². The molecule has 7 nitrogen and oxygen atoms in total. The number of piperazine rings is 1. The molecule has 1 fully saturated rings. The predicted octanol–water partition coefficient (Wildman–Crippen LogP) is 6.13. The number of carbonyl (C=O) groups excluding carboxylic acids is 1. The molecule has 0 radical (unpaired) electrons. The van der Waals surface area contributed by atoms with Gasteiger partial charge in [-0.15, -0.1) is 0 Å². The van der Waals surface area contributed by atoms with Gasteiger partial charge in [-0.05, 0) is 53.7 Å². The van der Waals surface area contributed by atoms with Crippen molar-refractivity contribution in [1.82, 2.24) is 24.8 Å². The van der Waals surface area contributed by atoms with Crippen molar-refractivity contribution in [3.63, 3.8) is 0 Å². The monoisotopic (exact) mass is 550 g/mol. The molecule has 0 bridgehead atoms. The SMILES string of the molecule is CCC1C=C(c2ccccc2)C(CCCC(=O)N2CCN(c3ncnc4nc[nH]c34)CC2)C=C1c1ccc(F)cc1. The molecule has 6 rings (SSSR count). The number of imidazole rings is 1. The maximum Gasteiger partial charge on any atom is 0.222 e. The zero-order chi connectivity index (χ0) is 28.2. The molecule has 1 saturated heterocycles. The van der Waals surface area contributed by atoms with Crippen molar-refractivity contribution in [2.24, 2.45) is 11.8 Å². The van der Waals surface area contributed by atoms with E-state index in [1.54, 1.807) is 6.33 Å². The number of rotatable bonds is 8. The summed E-state index contributed by atoms with van der Waals surface area (Å²) < 4.78 is 13.7. The molecule has 1 aliphatic heterocycles. The highest BCUT2D eigenvalue weighted by Crippen LogP contribution is 2.41. The quantitative estimate of drug-likeness (QED) is 0.285. The number of amides is 1. The van der Waals surface area contributed by atoms with Crippen LogP contribution < -0.4 is 4.90 Å². The van der Waals surface area contributed by atoms with Crippen molar-refractivity contribution in [3.8, 4) is 0 Å². The fourth-order valence-electron chi connectivity index (χ4n) is 6.12. The zero-order valence-electron chi connectivity index (χ0n) is 23.3. The zero-order valence-corrected chi connectivity index (χ0v) is 23.3. The van der Waals surface area contributed by atoms with Crippen LogP contribution in [0.5, 0.6) is 0 Å². The van der Waals surface area contributed by atoms with Crippen LogP contribution in [0, 0.1) is 17.7 Å². The Kier molecular flexibility index (Phi) is 7.89. The van der Waals surface area contributed by atoms with Crippen LogP contribution in [0.15, 0.2) is 79.4 Å². The van der Waals surface area contributed by atoms with E-state index in [-0.39, 0.29) is 23.6 Å². The van der Waals surface area contributed by atoms with Crippen molar-refractivity contribution in [3.05, 3.63) is 96.3 Å². The van der Waals surface area contributed by atoms with Gasteiger partial charge in [-0.3, -0.25) is 4.79 Å². The number of H-pyrrole nitrogens is 1. The average Bonchev–Trinajstić information content (AvgIpc) is 3.51. The van der Waals surface area contributed by atoms with E-state index in [4.69, 9.17) is 0 Å². The Morgan fingerprint density at radius 3 is 2.37 bits per heavy atom. The number of fused-ring (bicyclic) bond motifs is 1. The molecule has 0 spiro atoms. The molecule has 1 N–H and O–H groups in total. The van der Waals surface area contributed by atoms with Gasteiger partial charge in [-0.1, -0.05) is 61.5 Å². The molecule has 2 atom stereocenters. The maximum absolute atomic E-state index is 13.7. The predicted molar refractivity (Wildman–Crippen MR) is 160 cm³/mol. The highest BCUT2D eigenvalue weighted by atomic mass is 19.1. The normalized spacial score (nSPS) is 19.3. The van der Waals surface area contributed by atoms with Crippen molar-refractivity contribution in [2.75, 3.05) is 31.1 Å². The van der Waals surface area contributed by atoms with E-state index in [0.717, 1.165) is 49.2 Å². The molecule has 1 amide bonds. The first-order chi connectivity index (χ1) is 20.1. The largest absolute Gasteiger partial charge is 0.351 e. The minimum atomic E-state index is -0.221. The number of anilines is 1. The molecular formula is C33H35FN6O. The lowest BCUT2D eigenvalue weighted by Crippen LogP contribution is -2.49. The number of hydrogen-bond donors (Lipinski definition) is 1. The van der Waals surface area contributed by atoms with Gasteiger partial charge in [0, 0.05) is 44.4 Å². The van der Waals surface area contributed by atoms with Gasteiger partial charge in [0.2, 0.25) is 5.91 Å². The fraction of sp³-hybridized carbons (Fsp3) is 0.333. The summed E-state index contributed by atoms with van der Waals surface area (Å²) in [7, 11) is 0. The molecule has 3 heterocycles. The minimum Gasteiger partial charge on any atom is -0.351 e. The van der Waals surface area contributed by atoms with Crippen LogP contribution in [-0.2, 0) is 4.79 Å². The third-order valence-electron chi connectivity index (χ3n) is 8.33. The van der Waals surface area contributed by atoms with E-state index in [0.29, 0.717) is 25.2 Å². The Morgan fingerprint density at radius 1 is 0.902 bits per heavy atom. The summed E-state index contributed by atoms with van der Waals surface area (Å²) in [4.78, 5) is 33.4. The Balaban J connectivity index is 1.11. The average molecular weight is 551 g/mol. The second-order valence-electron chi connectivity index (χ2n) is 10.8. The Bertz CT molecular complexity index is 1550. The number of benzene rings is 2. The highest BCUT2D eigenvalue weighted by Gasteiger charge is 2.27. The molecule has 4 aromatic rings. The molecule has 210 valence electrons. The number of hydrogen-bond acceptors (Lipinski definition) is 5. The van der Waals surface area contributed by atoms with Gasteiger partial charge in [-0.2, -0.15) is 0 Å². The number of carbonyl (C=O) groups is 1. The van der Waals surface area contributed by atoms with Crippen molar-refractivity contribution in [1.29, 1.82) is 0 Å². The topological polar surface area (TPSA) is 78.0 Å². The summed E-state index contributed by atoms with van der Waals surface area (Å²) in [6.07, 6.45) is 11.1. The van der Waals surface area contributed by atoms with Crippen molar-refractivity contribution in [2.45, 2.75) is 32.6 Å². The number of allylic oxidation sites excluding steroid dienone is 4. The molecule has 41 heavy (non-hydrogen) atoms. The molecule has 1 aliphatic carbocycles. The van der Waals surface area contributed by atoms with E-state index >= 15 is 0 Å². The third-order valence-corrected chi connectivity index (χ3v) is 8.33. The Labute approximate surface area is 239 Å². The van der Waals surface area contributed by atoms with Crippen molar-refractivity contribution >= 4 is 34.0 Å². The van der Waals surface area contributed by atoms with Crippen LogP contribution in [0.1, 0.15) is 43.7 Å². The van der Waals surface area contributed by atoms with Gasteiger partial charge in [0.1, 0.15) is 17.7 Å². The van der Waals surface area contributed by atoms with Gasteiger partial charge in [0.05, 0.1) is 6.33 Å². The van der Waals surface area contributed by atoms with Crippen molar-refractivity contribution < 1.29 is 9.18 Å². The second kappa shape index (κ2) is 12.0. The highest BCUT2D eigenvalue weighted by molar-refractivity contribution is 5.83. The van der Waals surface area contributed by atoms with Gasteiger partial charge in [0.25, 0.3) is 0 Å². The summed E-state index contributed by atoms with van der Waals surface area (Å²) in [5.41, 5.74) is 6.35. The Morgan fingerprint density at radius 2 is 1.61 bits per heavy atom. The molecule has 0 saturated carbocycles. The van der Waals surface area contributed by atoms with Gasteiger partial charge >= 0.3 is 0 Å². The minimum absolute atomic E-state index is 0.194. The maximum atomic E-state index is 13.7. The van der Waals surface area contributed by atoms with Crippen LogP contribution in [0.25, 0.3) is 22.3 Å². The van der Waals surface area contributed by atoms with Crippen LogP contribution >= 0.6 is 0 Å². The van der Waals surface area contributed by atoms with Crippen LogP contribution in [-0.4, -0.2) is 56.9 Å². The molecule has 8 heteroatoms. The Hall–Kier alpha value is -4.33. The number of nitrogens with zero attached hydrogens (tertiary/aromatic N) is 5. The van der Waals surface area contributed by atoms with E-state index in [9.17, 15) is 9.18 Å². The number of nitrogens with one attached hydrogen (secondary N) is 1. The number of halogens is 1. The lowest BCUT2D eigenvalue weighted by molar-refractivity contribution is -0.131. The van der Waals surface area contributed by atoms with E-state index < -0.39 is 0 Å². The summed E-state index contributed by atoms with van der Waals surface area (Å²) >= 11 is 0. The molecule has 2 unspecified atom stereocenters. The fourth-order valence-corrected chi connectivity index (χ4v) is 6.12. The first kappa shape index (κ1) is 26.9. The van der Waals surface area contributed by atoms with E-state index in [2.05, 4.69) is 68.2 Å². The molecule has 2 aromatic carbocycles. The summed E-state index contributed by atoms with van der Waals surface area (Å²) in [6.45, 7) is 4.99. The van der Waals surface area contributed by atoms with Gasteiger partial charge in [0.15, 0.2) is 11.5 Å². The standard InChI is InChI=1S/C33H35FN6O/c1-2-23-19-29(24-7-4-3-5-8-24)26(20-28(23)25-11-13-27(34)14-12-25)9-6-10-30(41)39-15-17-40(18-16-39)33-31-32(36-21-35-31)37-22-38-33/h3-5,7-8,11-14,19-23,26H,2,6,9-10,15-18H2,1H3,(H,35,36,37,38). The summed E-state index contributed by atoms with van der Waals surface area (Å²) in [5, 5.41) is 0. The molecule has 2 aromatic heterocycles. The van der Waals surface area contributed by atoms with E-state index in [1.807, 2.05) is 23.1 Å². The molecule has 2 aliphatic rings. The van der Waals surface area contributed by atoms with Crippen LogP contribution in [0.3, 0.4) is 0 Å². The second-order valence-corrected chi connectivity index (χ2v) is 10.8. The number of aromatic amines is 1. The van der Waals surface area contributed by atoms with Gasteiger partial charge in [-0.25, -0.2) is 19.3 Å². The van der Waals surface area contributed by atoms with Crippen LogP contribution in [0.2, 0.25) is 0 Å². The first-order valence-electron chi connectivity index (χ1n) is 14.5. The smallest absolute Gasteiger partial charge is 0.222 e. The first-order valence-corrected chi connectivity index (χ1v) is 14.5. The molecular weight excluding hydrogens is 515 g/mol. The summed E-state index contributed by atoms with van der Waals surface area (Å²) in [6, 6.07) is 17.4. The van der Waals surface area contributed by atoms with Gasteiger partial charge < -0.3 is 14.8 Å². The lowest BCUT2D eigenvalue weighted by atomic mass is 9.75. The summed E-state index contributed by atoms with van der Waals surface area (Å²) in [5.74, 6) is 1.28.